The zero-order valence-corrected chi connectivity index (χ0v) is 8.43. The minimum absolute atomic E-state index is 0.278. The highest BCUT2D eigenvalue weighted by atomic mass is 32.1. The molecule has 1 aliphatic carbocycles. The first-order valence-electron chi connectivity index (χ1n) is 4.48. The number of hydrogen-bond donors (Lipinski definition) is 0. The van der Waals surface area contributed by atoms with E-state index in [0.717, 1.165) is 6.42 Å². The summed E-state index contributed by atoms with van der Waals surface area (Å²) in [4.78, 5) is 11.3. The molecular formula is C11H12OS. The Labute approximate surface area is 82.1 Å². The second kappa shape index (κ2) is 3.46. The van der Waals surface area contributed by atoms with E-state index in [-0.39, 0.29) is 5.78 Å². The third kappa shape index (κ3) is 1.89. The first-order valence-corrected chi connectivity index (χ1v) is 5.42. The van der Waals surface area contributed by atoms with Gasteiger partial charge in [-0.3, -0.25) is 4.79 Å². The van der Waals surface area contributed by atoms with Crippen LogP contribution in [-0.4, -0.2) is 5.78 Å². The number of allylic oxidation sites excluding steroid dienone is 2. The standard InChI is InChI=1S/C11H12OS/c1-8-4-10(6-11(12)5-8)9-2-3-13-7-9/h2-3,5,7,10H,4,6H2,1H3. The fraction of sp³-hybridized carbons (Fsp3) is 0.364. The zero-order chi connectivity index (χ0) is 9.26. The van der Waals surface area contributed by atoms with Crippen molar-refractivity contribution in [2.75, 3.05) is 0 Å². The Kier molecular flexibility index (Phi) is 2.32. The average Bonchev–Trinajstić information content (AvgIpc) is 2.53. The molecule has 13 heavy (non-hydrogen) atoms. The van der Waals surface area contributed by atoms with Gasteiger partial charge in [-0.2, -0.15) is 11.3 Å². The lowest BCUT2D eigenvalue weighted by Crippen LogP contribution is -2.10. The Hall–Kier alpha value is -0.890. The average molecular weight is 192 g/mol. The van der Waals surface area contributed by atoms with E-state index < -0.39 is 0 Å². The molecule has 1 nitrogen and oxygen atoms in total. The van der Waals surface area contributed by atoms with Crippen molar-refractivity contribution >= 4 is 17.1 Å². The lowest BCUT2D eigenvalue weighted by atomic mass is 9.85. The van der Waals surface area contributed by atoms with Crippen LogP contribution in [0, 0.1) is 0 Å². The molecule has 1 atom stereocenters. The molecule has 0 saturated heterocycles. The predicted octanol–water partition coefficient (Wildman–Crippen LogP) is 3.14. The summed E-state index contributed by atoms with van der Waals surface area (Å²) >= 11 is 1.70. The van der Waals surface area contributed by atoms with Gasteiger partial charge in [0.15, 0.2) is 5.78 Å². The van der Waals surface area contributed by atoms with Crippen molar-refractivity contribution in [1.29, 1.82) is 0 Å². The highest BCUT2D eigenvalue weighted by Gasteiger charge is 2.20. The maximum atomic E-state index is 11.3. The lowest BCUT2D eigenvalue weighted by molar-refractivity contribution is -0.115. The van der Waals surface area contributed by atoms with Gasteiger partial charge in [0.2, 0.25) is 0 Å². The summed E-state index contributed by atoms with van der Waals surface area (Å²) in [5.41, 5.74) is 2.54. The molecular weight excluding hydrogens is 180 g/mol. The van der Waals surface area contributed by atoms with Crippen LogP contribution in [-0.2, 0) is 4.79 Å². The van der Waals surface area contributed by atoms with E-state index in [9.17, 15) is 4.79 Å². The van der Waals surface area contributed by atoms with Crippen molar-refractivity contribution in [3.63, 3.8) is 0 Å². The lowest BCUT2D eigenvalue weighted by Gasteiger charge is -2.18. The van der Waals surface area contributed by atoms with Gasteiger partial charge >= 0.3 is 0 Å². The van der Waals surface area contributed by atoms with Crippen LogP contribution in [0.5, 0.6) is 0 Å². The van der Waals surface area contributed by atoms with Gasteiger partial charge in [-0.05, 0) is 47.7 Å². The second-order valence-corrected chi connectivity index (χ2v) is 4.40. The third-order valence-electron chi connectivity index (χ3n) is 2.44. The Morgan fingerprint density at radius 2 is 2.31 bits per heavy atom. The smallest absolute Gasteiger partial charge is 0.156 e. The Morgan fingerprint density at radius 3 is 2.92 bits per heavy atom. The molecule has 0 saturated carbocycles. The molecule has 0 bridgehead atoms. The van der Waals surface area contributed by atoms with E-state index in [4.69, 9.17) is 0 Å². The SMILES string of the molecule is CC1=CC(=O)CC(c2ccsc2)C1. The number of rotatable bonds is 1. The Morgan fingerprint density at radius 1 is 1.46 bits per heavy atom. The van der Waals surface area contributed by atoms with E-state index in [1.165, 1.54) is 11.1 Å². The molecule has 0 N–H and O–H groups in total. The topological polar surface area (TPSA) is 17.1 Å². The molecule has 0 aromatic carbocycles. The van der Waals surface area contributed by atoms with Crippen LogP contribution in [0.2, 0.25) is 0 Å². The molecule has 1 heterocycles. The van der Waals surface area contributed by atoms with Gasteiger partial charge in [0.05, 0.1) is 0 Å². The normalized spacial score (nSPS) is 23.0. The number of thiophene rings is 1. The number of hydrogen-bond acceptors (Lipinski definition) is 2. The van der Waals surface area contributed by atoms with E-state index in [1.807, 2.05) is 6.92 Å². The van der Waals surface area contributed by atoms with Gasteiger partial charge < -0.3 is 0 Å². The summed E-state index contributed by atoms with van der Waals surface area (Å²) in [6.45, 7) is 2.04. The highest BCUT2D eigenvalue weighted by molar-refractivity contribution is 7.07. The molecule has 1 unspecified atom stereocenters. The van der Waals surface area contributed by atoms with Crippen LogP contribution in [0.4, 0.5) is 0 Å². The minimum Gasteiger partial charge on any atom is -0.295 e. The van der Waals surface area contributed by atoms with E-state index in [2.05, 4.69) is 16.8 Å². The maximum Gasteiger partial charge on any atom is 0.156 e. The minimum atomic E-state index is 0.278. The molecule has 0 fully saturated rings. The third-order valence-corrected chi connectivity index (χ3v) is 3.14. The van der Waals surface area contributed by atoms with Gasteiger partial charge in [0.25, 0.3) is 0 Å². The molecule has 0 amide bonds. The molecule has 0 radical (unpaired) electrons. The summed E-state index contributed by atoms with van der Waals surface area (Å²) in [5, 5.41) is 4.23. The molecule has 1 aromatic heterocycles. The monoisotopic (exact) mass is 192 g/mol. The van der Waals surface area contributed by atoms with Gasteiger partial charge in [0, 0.05) is 6.42 Å². The van der Waals surface area contributed by atoms with Gasteiger partial charge in [0.1, 0.15) is 0 Å². The van der Waals surface area contributed by atoms with Crippen LogP contribution in [0.3, 0.4) is 0 Å². The van der Waals surface area contributed by atoms with Crippen molar-refractivity contribution in [2.45, 2.75) is 25.7 Å². The number of ketones is 1. The van der Waals surface area contributed by atoms with E-state index >= 15 is 0 Å². The van der Waals surface area contributed by atoms with Gasteiger partial charge in [-0.1, -0.05) is 5.57 Å². The van der Waals surface area contributed by atoms with Crippen molar-refractivity contribution in [3.05, 3.63) is 34.0 Å². The second-order valence-electron chi connectivity index (χ2n) is 3.62. The molecule has 1 aliphatic rings. The molecule has 2 rings (SSSR count). The number of carbonyl (C=O) groups is 1. The summed E-state index contributed by atoms with van der Waals surface area (Å²) in [6, 6.07) is 2.13. The fourth-order valence-electron chi connectivity index (χ4n) is 1.84. The van der Waals surface area contributed by atoms with Gasteiger partial charge in [-0.25, -0.2) is 0 Å². The van der Waals surface area contributed by atoms with Crippen LogP contribution in [0.25, 0.3) is 0 Å². The molecule has 68 valence electrons. The van der Waals surface area contributed by atoms with E-state index in [1.54, 1.807) is 17.4 Å². The Bertz CT molecular complexity index is 335. The largest absolute Gasteiger partial charge is 0.295 e. The van der Waals surface area contributed by atoms with Crippen molar-refractivity contribution in [1.82, 2.24) is 0 Å². The summed E-state index contributed by atoms with van der Waals surface area (Å²) in [7, 11) is 0. The Balaban J connectivity index is 2.20. The van der Waals surface area contributed by atoms with Crippen molar-refractivity contribution in [2.24, 2.45) is 0 Å². The molecule has 0 spiro atoms. The predicted molar refractivity (Wildman–Crippen MR) is 55.1 cm³/mol. The summed E-state index contributed by atoms with van der Waals surface area (Å²) < 4.78 is 0. The van der Waals surface area contributed by atoms with E-state index in [0.29, 0.717) is 12.3 Å². The summed E-state index contributed by atoms with van der Waals surface area (Å²) in [6.07, 6.45) is 3.51. The molecule has 2 heteroatoms. The first-order chi connectivity index (χ1) is 6.25. The van der Waals surface area contributed by atoms with Gasteiger partial charge in [-0.15, -0.1) is 0 Å². The quantitative estimate of drug-likeness (QED) is 0.668. The summed E-state index contributed by atoms with van der Waals surface area (Å²) in [5.74, 6) is 0.712. The van der Waals surface area contributed by atoms with Crippen molar-refractivity contribution < 1.29 is 4.79 Å². The van der Waals surface area contributed by atoms with Crippen LogP contribution in [0.1, 0.15) is 31.2 Å². The fourth-order valence-corrected chi connectivity index (χ4v) is 2.58. The highest BCUT2D eigenvalue weighted by Crippen LogP contribution is 2.31. The molecule has 1 aromatic rings. The van der Waals surface area contributed by atoms with Crippen LogP contribution < -0.4 is 0 Å². The number of carbonyl (C=O) groups excluding carboxylic acids is 1. The molecule has 0 aliphatic heterocycles. The van der Waals surface area contributed by atoms with Crippen LogP contribution in [0.15, 0.2) is 28.5 Å². The first kappa shape index (κ1) is 8.70. The van der Waals surface area contributed by atoms with Crippen LogP contribution >= 0.6 is 11.3 Å². The van der Waals surface area contributed by atoms with Crippen molar-refractivity contribution in [3.8, 4) is 0 Å². The zero-order valence-electron chi connectivity index (χ0n) is 7.62. The maximum absolute atomic E-state index is 11.3.